The van der Waals surface area contributed by atoms with Crippen LogP contribution in [-0.2, 0) is 16.0 Å². The van der Waals surface area contributed by atoms with Crippen LogP contribution in [0.15, 0.2) is 24.3 Å². The quantitative estimate of drug-likeness (QED) is 0.906. The molecule has 4 nitrogen and oxygen atoms in total. The van der Waals surface area contributed by atoms with Crippen molar-refractivity contribution in [2.45, 2.75) is 39.0 Å². The lowest BCUT2D eigenvalue weighted by Gasteiger charge is -2.32. The van der Waals surface area contributed by atoms with Gasteiger partial charge in [0.1, 0.15) is 0 Å². The average Bonchev–Trinajstić information content (AvgIpc) is 2.48. The molecule has 0 unspecified atom stereocenters. The van der Waals surface area contributed by atoms with Crippen LogP contribution in [0, 0.1) is 12.8 Å². The summed E-state index contributed by atoms with van der Waals surface area (Å²) < 4.78 is 0. The molecule has 0 radical (unpaired) electrons. The number of hydrogen-bond donors (Lipinski definition) is 1. The SMILES string of the molecule is Cc1ccc(CC(=O)N2CCC[C@@H](CCC(=O)O)C2)cc1. The van der Waals surface area contributed by atoms with E-state index in [0.717, 1.165) is 24.9 Å². The van der Waals surface area contributed by atoms with Gasteiger partial charge in [-0.25, -0.2) is 0 Å². The number of likely N-dealkylation sites (tertiary alicyclic amines) is 1. The third-order valence-electron chi connectivity index (χ3n) is 4.11. The van der Waals surface area contributed by atoms with Gasteiger partial charge in [0.15, 0.2) is 0 Å². The summed E-state index contributed by atoms with van der Waals surface area (Å²) in [6.07, 6.45) is 3.31. The minimum Gasteiger partial charge on any atom is -0.481 e. The lowest BCUT2D eigenvalue weighted by atomic mass is 9.93. The zero-order valence-electron chi connectivity index (χ0n) is 12.5. The Morgan fingerprint density at radius 1 is 1.29 bits per heavy atom. The minimum absolute atomic E-state index is 0.152. The topological polar surface area (TPSA) is 57.6 Å². The van der Waals surface area contributed by atoms with Gasteiger partial charge in [0, 0.05) is 19.5 Å². The average molecular weight is 289 g/mol. The molecule has 1 aliphatic heterocycles. The number of piperidine rings is 1. The summed E-state index contributed by atoms with van der Waals surface area (Å²) in [4.78, 5) is 24.9. The van der Waals surface area contributed by atoms with Crippen LogP contribution < -0.4 is 0 Å². The maximum Gasteiger partial charge on any atom is 0.303 e. The summed E-state index contributed by atoms with van der Waals surface area (Å²) >= 11 is 0. The van der Waals surface area contributed by atoms with Gasteiger partial charge in [-0.1, -0.05) is 29.8 Å². The summed E-state index contributed by atoms with van der Waals surface area (Å²) in [7, 11) is 0. The van der Waals surface area contributed by atoms with Crippen LogP contribution in [0.2, 0.25) is 0 Å². The fourth-order valence-electron chi connectivity index (χ4n) is 2.85. The van der Waals surface area contributed by atoms with E-state index in [1.807, 2.05) is 36.1 Å². The first kappa shape index (κ1) is 15.5. The standard InChI is InChI=1S/C17H23NO3/c1-13-4-6-14(7-5-13)11-16(19)18-10-2-3-15(12-18)8-9-17(20)21/h4-7,15H,2-3,8-12H2,1H3,(H,20,21)/t15-/m0/s1. The van der Waals surface area contributed by atoms with Gasteiger partial charge in [-0.2, -0.15) is 0 Å². The van der Waals surface area contributed by atoms with E-state index in [9.17, 15) is 9.59 Å². The zero-order valence-corrected chi connectivity index (χ0v) is 12.5. The summed E-state index contributed by atoms with van der Waals surface area (Å²) in [6.45, 7) is 3.54. The number of amides is 1. The molecule has 2 rings (SSSR count). The Labute approximate surface area is 125 Å². The molecule has 114 valence electrons. The second kappa shape index (κ2) is 7.25. The van der Waals surface area contributed by atoms with Crippen LogP contribution in [0.25, 0.3) is 0 Å². The van der Waals surface area contributed by atoms with E-state index >= 15 is 0 Å². The van der Waals surface area contributed by atoms with Crippen molar-refractivity contribution in [2.75, 3.05) is 13.1 Å². The van der Waals surface area contributed by atoms with Crippen molar-refractivity contribution in [3.8, 4) is 0 Å². The first-order chi connectivity index (χ1) is 10.0. The van der Waals surface area contributed by atoms with Gasteiger partial charge in [-0.15, -0.1) is 0 Å². The highest BCUT2D eigenvalue weighted by molar-refractivity contribution is 5.78. The minimum atomic E-state index is -0.752. The molecule has 1 amide bonds. The first-order valence-electron chi connectivity index (χ1n) is 7.59. The maximum absolute atomic E-state index is 12.3. The van der Waals surface area contributed by atoms with E-state index < -0.39 is 5.97 Å². The van der Waals surface area contributed by atoms with Crippen LogP contribution in [0.1, 0.15) is 36.8 Å². The van der Waals surface area contributed by atoms with Crippen molar-refractivity contribution in [1.82, 2.24) is 4.90 Å². The van der Waals surface area contributed by atoms with Crippen molar-refractivity contribution < 1.29 is 14.7 Å². The van der Waals surface area contributed by atoms with E-state index in [0.29, 0.717) is 25.3 Å². The highest BCUT2D eigenvalue weighted by Gasteiger charge is 2.23. The van der Waals surface area contributed by atoms with Crippen LogP contribution >= 0.6 is 0 Å². The predicted octanol–water partition coefficient (Wildman–Crippen LogP) is 2.64. The molecule has 4 heteroatoms. The number of hydrogen-bond acceptors (Lipinski definition) is 2. The van der Waals surface area contributed by atoms with E-state index in [-0.39, 0.29) is 12.3 Å². The molecular formula is C17H23NO3. The molecule has 0 saturated carbocycles. The van der Waals surface area contributed by atoms with E-state index in [1.165, 1.54) is 5.56 Å². The van der Waals surface area contributed by atoms with Crippen molar-refractivity contribution >= 4 is 11.9 Å². The second-order valence-electron chi connectivity index (χ2n) is 5.94. The summed E-state index contributed by atoms with van der Waals surface area (Å²) in [5.41, 5.74) is 2.23. The molecule has 0 bridgehead atoms. The van der Waals surface area contributed by atoms with E-state index in [4.69, 9.17) is 5.11 Å². The highest BCUT2D eigenvalue weighted by Crippen LogP contribution is 2.21. The van der Waals surface area contributed by atoms with E-state index in [1.54, 1.807) is 0 Å². The number of carboxylic acid groups (broad SMARTS) is 1. The van der Waals surface area contributed by atoms with Crippen molar-refractivity contribution in [2.24, 2.45) is 5.92 Å². The van der Waals surface area contributed by atoms with Gasteiger partial charge in [0.2, 0.25) is 5.91 Å². The first-order valence-corrected chi connectivity index (χ1v) is 7.59. The number of aryl methyl sites for hydroxylation is 1. The Bertz CT molecular complexity index is 495. The fourth-order valence-corrected chi connectivity index (χ4v) is 2.85. The fraction of sp³-hybridized carbons (Fsp3) is 0.529. The number of rotatable bonds is 5. The van der Waals surface area contributed by atoms with Crippen LogP contribution in [-0.4, -0.2) is 35.0 Å². The molecule has 1 aliphatic rings. The summed E-state index contributed by atoms with van der Waals surface area (Å²) in [5.74, 6) is -0.270. The Hall–Kier alpha value is -1.84. The monoisotopic (exact) mass is 289 g/mol. The molecule has 1 N–H and O–H groups in total. The molecule has 1 saturated heterocycles. The smallest absolute Gasteiger partial charge is 0.303 e. The van der Waals surface area contributed by atoms with Gasteiger partial charge in [0.05, 0.1) is 6.42 Å². The zero-order chi connectivity index (χ0) is 15.2. The van der Waals surface area contributed by atoms with Gasteiger partial charge < -0.3 is 10.0 Å². The Morgan fingerprint density at radius 2 is 2.00 bits per heavy atom. The molecular weight excluding hydrogens is 266 g/mol. The molecule has 1 heterocycles. The molecule has 21 heavy (non-hydrogen) atoms. The molecule has 1 aromatic carbocycles. The Balaban J connectivity index is 1.86. The summed E-state index contributed by atoms with van der Waals surface area (Å²) in [6, 6.07) is 8.04. The molecule has 0 aromatic heterocycles. The molecule has 1 aromatic rings. The predicted molar refractivity (Wildman–Crippen MR) is 81.1 cm³/mol. The van der Waals surface area contributed by atoms with Crippen LogP contribution in [0.4, 0.5) is 0 Å². The molecule has 0 aliphatic carbocycles. The number of benzene rings is 1. The largest absolute Gasteiger partial charge is 0.481 e. The highest BCUT2D eigenvalue weighted by atomic mass is 16.4. The normalized spacial score (nSPS) is 18.5. The lowest BCUT2D eigenvalue weighted by Crippen LogP contribution is -2.40. The van der Waals surface area contributed by atoms with Crippen molar-refractivity contribution in [3.05, 3.63) is 35.4 Å². The Morgan fingerprint density at radius 3 is 2.67 bits per heavy atom. The van der Waals surface area contributed by atoms with Crippen LogP contribution in [0.5, 0.6) is 0 Å². The summed E-state index contributed by atoms with van der Waals surface area (Å²) in [5, 5.41) is 8.76. The molecule has 1 fully saturated rings. The van der Waals surface area contributed by atoms with Gasteiger partial charge in [0.25, 0.3) is 0 Å². The third-order valence-corrected chi connectivity index (χ3v) is 4.11. The van der Waals surface area contributed by atoms with Crippen molar-refractivity contribution in [3.63, 3.8) is 0 Å². The lowest BCUT2D eigenvalue weighted by molar-refractivity contribution is -0.137. The molecule has 1 atom stereocenters. The second-order valence-corrected chi connectivity index (χ2v) is 5.94. The number of carbonyl (C=O) groups is 2. The maximum atomic E-state index is 12.3. The molecule has 0 spiro atoms. The number of aliphatic carboxylic acids is 1. The van der Waals surface area contributed by atoms with Crippen LogP contribution in [0.3, 0.4) is 0 Å². The number of carboxylic acids is 1. The van der Waals surface area contributed by atoms with Gasteiger partial charge in [-0.3, -0.25) is 9.59 Å². The van der Waals surface area contributed by atoms with Gasteiger partial charge in [-0.05, 0) is 37.7 Å². The number of carbonyl (C=O) groups excluding carboxylic acids is 1. The van der Waals surface area contributed by atoms with Crippen molar-refractivity contribution in [1.29, 1.82) is 0 Å². The van der Waals surface area contributed by atoms with Gasteiger partial charge >= 0.3 is 5.97 Å². The van der Waals surface area contributed by atoms with E-state index in [2.05, 4.69) is 0 Å². The third kappa shape index (κ3) is 4.88. The number of nitrogens with zero attached hydrogens (tertiary/aromatic N) is 1. The Kier molecular flexibility index (Phi) is 5.37.